The number of hydrogen-bond acceptors (Lipinski definition) is 5. The van der Waals surface area contributed by atoms with Gasteiger partial charge < -0.3 is 10.1 Å². The molecule has 0 aliphatic rings. The van der Waals surface area contributed by atoms with Gasteiger partial charge in [-0.2, -0.15) is 0 Å². The maximum atomic E-state index is 12.2. The van der Waals surface area contributed by atoms with Gasteiger partial charge in [-0.15, -0.1) is 11.3 Å². The van der Waals surface area contributed by atoms with Crippen molar-refractivity contribution in [3.8, 4) is 10.6 Å². The fourth-order valence-electron chi connectivity index (χ4n) is 2.14. The Morgan fingerprint density at radius 3 is 2.67 bits per heavy atom. The minimum absolute atomic E-state index is 0.261. The Morgan fingerprint density at radius 2 is 1.96 bits per heavy atom. The standard InChI is InChI=1S/C18H22N2O3S/c1-3-4-8-11-19-15(21)12-23-18(22)16-13(2)20-17(24-16)14-9-6-5-7-10-14/h5-7,9-10H,3-4,8,11-12H2,1-2H3,(H,19,21). The zero-order chi connectivity index (χ0) is 17.4. The molecule has 0 bridgehead atoms. The lowest BCUT2D eigenvalue weighted by Crippen LogP contribution is -2.29. The first-order valence-electron chi connectivity index (χ1n) is 8.08. The number of carbonyl (C=O) groups excluding carboxylic acids is 2. The Bertz CT molecular complexity index is 683. The highest BCUT2D eigenvalue weighted by Gasteiger charge is 2.18. The molecular weight excluding hydrogens is 324 g/mol. The van der Waals surface area contributed by atoms with Crippen LogP contribution in [0, 0.1) is 6.92 Å². The maximum Gasteiger partial charge on any atom is 0.350 e. The summed E-state index contributed by atoms with van der Waals surface area (Å²) in [5.74, 6) is -0.777. The van der Waals surface area contributed by atoms with E-state index in [1.165, 1.54) is 11.3 Å². The molecule has 0 aliphatic carbocycles. The van der Waals surface area contributed by atoms with Gasteiger partial charge in [0.25, 0.3) is 5.91 Å². The van der Waals surface area contributed by atoms with E-state index < -0.39 is 5.97 Å². The molecule has 0 atom stereocenters. The van der Waals surface area contributed by atoms with Crippen molar-refractivity contribution in [3.63, 3.8) is 0 Å². The summed E-state index contributed by atoms with van der Waals surface area (Å²) >= 11 is 1.28. The van der Waals surface area contributed by atoms with Crippen molar-refractivity contribution in [1.82, 2.24) is 10.3 Å². The fraction of sp³-hybridized carbons (Fsp3) is 0.389. The Labute approximate surface area is 146 Å². The van der Waals surface area contributed by atoms with E-state index in [1.54, 1.807) is 6.92 Å². The molecule has 0 saturated carbocycles. The monoisotopic (exact) mass is 346 g/mol. The van der Waals surface area contributed by atoms with Gasteiger partial charge in [-0.25, -0.2) is 9.78 Å². The van der Waals surface area contributed by atoms with Crippen LogP contribution >= 0.6 is 11.3 Å². The number of unbranched alkanes of at least 4 members (excludes halogenated alkanes) is 2. The molecule has 0 spiro atoms. The molecule has 0 fully saturated rings. The zero-order valence-corrected chi connectivity index (χ0v) is 14.8. The number of thiazole rings is 1. The van der Waals surface area contributed by atoms with E-state index in [1.807, 2.05) is 30.3 Å². The van der Waals surface area contributed by atoms with Crippen LogP contribution in [0.3, 0.4) is 0 Å². The van der Waals surface area contributed by atoms with E-state index in [0.29, 0.717) is 17.1 Å². The van der Waals surface area contributed by atoms with Gasteiger partial charge in [-0.1, -0.05) is 50.1 Å². The predicted molar refractivity (Wildman–Crippen MR) is 95.1 cm³/mol. The largest absolute Gasteiger partial charge is 0.451 e. The van der Waals surface area contributed by atoms with Crippen molar-refractivity contribution in [2.24, 2.45) is 0 Å². The third-order valence-corrected chi connectivity index (χ3v) is 4.63. The molecule has 1 N–H and O–H groups in total. The zero-order valence-electron chi connectivity index (χ0n) is 14.0. The number of aryl methyl sites for hydroxylation is 1. The first-order chi connectivity index (χ1) is 11.6. The first-order valence-corrected chi connectivity index (χ1v) is 8.90. The van der Waals surface area contributed by atoms with Crippen LogP contribution in [0.2, 0.25) is 0 Å². The van der Waals surface area contributed by atoms with Crippen LogP contribution in [-0.2, 0) is 9.53 Å². The first kappa shape index (κ1) is 18.1. The van der Waals surface area contributed by atoms with E-state index in [2.05, 4.69) is 17.2 Å². The molecule has 5 nitrogen and oxygen atoms in total. The van der Waals surface area contributed by atoms with Gasteiger partial charge in [0.15, 0.2) is 6.61 Å². The molecular formula is C18H22N2O3S. The number of rotatable bonds is 8. The lowest BCUT2D eigenvalue weighted by atomic mass is 10.2. The Hall–Kier alpha value is -2.21. The van der Waals surface area contributed by atoms with Crippen molar-refractivity contribution in [2.75, 3.05) is 13.2 Å². The van der Waals surface area contributed by atoms with Crippen LogP contribution in [0.25, 0.3) is 10.6 Å². The fourth-order valence-corrected chi connectivity index (χ4v) is 3.11. The van der Waals surface area contributed by atoms with E-state index in [4.69, 9.17) is 4.74 Å². The lowest BCUT2D eigenvalue weighted by Gasteiger charge is -2.05. The molecule has 0 unspecified atom stereocenters. The van der Waals surface area contributed by atoms with Gasteiger partial charge in [0.05, 0.1) is 5.69 Å². The Morgan fingerprint density at radius 1 is 1.21 bits per heavy atom. The molecule has 1 aromatic carbocycles. The lowest BCUT2D eigenvalue weighted by molar-refractivity contribution is -0.124. The second-order valence-corrected chi connectivity index (χ2v) is 6.43. The third-order valence-electron chi connectivity index (χ3n) is 3.44. The molecule has 0 saturated heterocycles. The molecule has 24 heavy (non-hydrogen) atoms. The van der Waals surface area contributed by atoms with Gasteiger partial charge in [-0.05, 0) is 13.3 Å². The number of esters is 1. The summed E-state index contributed by atoms with van der Waals surface area (Å²) in [6.07, 6.45) is 3.10. The SMILES string of the molecule is CCCCCNC(=O)COC(=O)c1sc(-c2ccccc2)nc1C. The normalized spacial score (nSPS) is 10.4. The summed E-state index contributed by atoms with van der Waals surface area (Å²) in [5.41, 5.74) is 1.57. The van der Waals surface area contributed by atoms with E-state index in [0.717, 1.165) is 29.8 Å². The van der Waals surface area contributed by atoms with E-state index >= 15 is 0 Å². The van der Waals surface area contributed by atoms with Gasteiger partial charge in [0.1, 0.15) is 9.88 Å². The second kappa shape index (κ2) is 9.17. The van der Waals surface area contributed by atoms with Crippen LogP contribution < -0.4 is 5.32 Å². The van der Waals surface area contributed by atoms with Crippen LogP contribution in [-0.4, -0.2) is 30.0 Å². The molecule has 1 heterocycles. The van der Waals surface area contributed by atoms with Crippen molar-refractivity contribution in [1.29, 1.82) is 0 Å². The van der Waals surface area contributed by atoms with Crippen molar-refractivity contribution >= 4 is 23.2 Å². The summed E-state index contributed by atoms with van der Waals surface area (Å²) in [5, 5.41) is 3.51. The number of nitrogens with one attached hydrogen (secondary N) is 1. The Balaban J connectivity index is 1.89. The number of ether oxygens (including phenoxy) is 1. The smallest absolute Gasteiger partial charge is 0.350 e. The van der Waals surface area contributed by atoms with Crippen molar-refractivity contribution < 1.29 is 14.3 Å². The Kier molecular flexibility index (Phi) is 6.93. The number of hydrogen-bond donors (Lipinski definition) is 1. The van der Waals surface area contributed by atoms with Gasteiger partial charge in [0, 0.05) is 12.1 Å². The number of benzene rings is 1. The summed E-state index contributed by atoms with van der Waals surface area (Å²) < 4.78 is 5.10. The van der Waals surface area contributed by atoms with Gasteiger partial charge in [0.2, 0.25) is 0 Å². The summed E-state index contributed by atoms with van der Waals surface area (Å²) in [6, 6.07) is 9.66. The topological polar surface area (TPSA) is 68.3 Å². The highest BCUT2D eigenvalue weighted by molar-refractivity contribution is 7.17. The summed E-state index contributed by atoms with van der Waals surface area (Å²) in [6.45, 7) is 4.22. The van der Waals surface area contributed by atoms with Gasteiger partial charge in [-0.3, -0.25) is 4.79 Å². The van der Waals surface area contributed by atoms with Crippen molar-refractivity contribution in [3.05, 3.63) is 40.9 Å². The average Bonchev–Trinajstić information content (AvgIpc) is 2.99. The molecule has 6 heteroatoms. The number of nitrogens with zero attached hydrogens (tertiary/aromatic N) is 1. The quantitative estimate of drug-likeness (QED) is 0.586. The summed E-state index contributed by atoms with van der Waals surface area (Å²) in [7, 11) is 0. The summed E-state index contributed by atoms with van der Waals surface area (Å²) in [4.78, 5) is 28.7. The van der Waals surface area contributed by atoms with Crippen LogP contribution in [0.5, 0.6) is 0 Å². The number of amides is 1. The second-order valence-electron chi connectivity index (χ2n) is 5.43. The molecule has 1 aromatic heterocycles. The van der Waals surface area contributed by atoms with Gasteiger partial charge >= 0.3 is 5.97 Å². The number of aromatic nitrogens is 1. The third kappa shape index (κ3) is 5.16. The molecule has 0 aliphatic heterocycles. The van der Waals surface area contributed by atoms with Crippen molar-refractivity contribution in [2.45, 2.75) is 33.1 Å². The molecule has 2 aromatic rings. The molecule has 128 valence electrons. The molecule has 0 radical (unpaired) electrons. The minimum Gasteiger partial charge on any atom is -0.451 e. The predicted octanol–water partition coefficient (Wildman–Crippen LogP) is 3.58. The van der Waals surface area contributed by atoms with Crippen LogP contribution in [0.15, 0.2) is 30.3 Å². The number of carbonyl (C=O) groups is 2. The highest BCUT2D eigenvalue weighted by atomic mass is 32.1. The maximum absolute atomic E-state index is 12.2. The molecule has 2 rings (SSSR count). The van der Waals surface area contributed by atoms with E-state index in [-0.39, 0.29) is 12.5 Å². The van der Waals surface area contributed by atoms with Crippen LogP contribution in [0.4, 0.5) is 0 Å². The highest BCUT2D eigenvalue weighted by Crippen LogP contribution is 2.28. The van der Waals surface area contributed by atoms with Crippen LogP contribution in [0.1, 0.15) is 41.6 Å². The molecule has 1 amide bonds. The average molecular weight is 346 g/mol. The van der Waals surface area contributed by atoms with E-state index in [9.17, 15) is 9.59 Å². The minimum atomic E-state index is -0.504.